The topological polar surface area (TPSA) is 53.1 Å². The summed E-state index contributed by atoms with van der Waals surface area (Å²) in [6.45, 7) is 6.36. The summed E-state index contributed by atoms with van der Waals surface area (Å²) < 4.78 is 5.39. The highest BCUT2D eigenvalue weighted by atomic mass is 16.5. The van der Waals surface area contributed by atoms with Crippen molar-refractivity contribution in [3.8, 4) is 0 Å². The van der Waals surface area contributed by atoms with Crippen molar-refractivity contribution < 1.29 is 14.3 Å². The van der Waals surface area contributed by atoms with Gasteiger partial charge in [-0.15, -0.1) is 0 Å². The normalized spacial score (nSPS) is 20.8. The summed E-state index contributed by atoms with van der Waals surface area (Å²) in [6.07, 6.45) is 3.90. The van der Waals surface area contributed by atoms with E-state index in [-0.39, 0.29) is 17.7 Å². The first-order valence-electron chi connectivity index (χ1n) is 13.2. The first-order chi connectivity index (χ1) is 17.2. The zero-order chi connectivity index (χ0) is 24.0. The molecule has 0 atom stereocenters. The molecule has 0 spiro atoms. The van der Waals surface area contributed by atoms with Crippen molar-refractivity contribution in [3.05, 3.63) is 71.8 Å². The summed E-state index contributed by atoms with van der Waals surface area (Å²) in [5.74, 6) is 0.427. The van der Waals surface area contributed by atoms with Crippen LogP contribution >= 0.6 is 0 Å². The van der Waals surface area contributed by atoms with Crippen molar-refractivity contribution in [3.63, 3.8) is 0 Å². The molecule has 35 heavy (non-hydrogen) atoms. The molecule has 0 N–H and O–H groups in total. The number of ether oxygens (including phenoxy) is 1. The van der Waals surface area contributed by atoms with Crippen molar-refractivity contribution in [2.24, 2.45) is 5.92 Å². The number of carbonyl (C=O) groups is 2. The fourth-order valence-electron chi connectivity index (χ4n) is 5.96. The first-order valence-corrected chi connectivity index (χ1v) is 13.2. The van der Waals surface area contributed by atoms with E-state index < -0.39 is 0 Å². The number of hydrogen-bond acceptors (Lipinski definition) is 4. The summed E-state index contributed by atoms with van der Waals surface area (Å²) in [5.41, 5.74) is 2.11. The molecule has 6 nitrogen and oxygen atoms in total. The van der Waals surface area contributed by atoms with Gasteiger partial charge in [0.05, 0.1) is 19.1 Å². The maximum Gasteiger partial charge on any atom is 0.234 e. The van der Waals surface area contributed by atoms with Gasteiger partial charge >= 0.3 is 0 Å². The van der Waals surface area contributed by atoms with Gasteiger partial charge in [0, 0.05) is 38.1 Å². The predicted octanol–water partition coefficient (Wildman–Crippen LogP) is 3.38. The van der Waals surface area contributed by atoms with Gasteiger partial charge in [0.1, 0.15) is 0 Å². The van der Waals surface area contributed by atoms with Crippen LogP contribution in [0, 0.1) is 5.92 Å². The van der Waals surface area contributed by atoms with E-state index in [1.54, 1.807) is 0 Å². The molecule has 3 heterocycles. The quantitative estimate of drug-likeness (QED) is 0.665. The second kappa shape index (κ2) is 11.4. The summed E-state index contributed by atoms with van der Waals surface area (Å²) >= 11 is 0. The van der Waals surface area contributed by atoms with Gasteiger partial charge in [-0.1, -0.05) is 60.7 Å². The highest BCUT2D eigenvalue weighted by Gasteiger charge is 2.35. The fourth-order valence-corrected chi connectivity index (χ4v) is 5.96. The van der Waals surface area contributed by atoms with Gasteiger partial charge in [0.2, 0.25) is 11.8 Å². The third-order valence-electron chi connectivity index (χ3n) is 8.01. The molecule has 3 fully saturated rings. The molecule has 6 heteroatoms. The van der Waals surface area contributed by atoms with Gasteiger partial charge in [0.15, 0.2) is 0 Å². The molecule has 0 unspecified atom stereocenters. The lowest BCUT2D eigenvalue weighted by molar-refractivity contribution is -0.141. The van der Waals surface area contributed by atoms with E-state index in [4.69, 9.17) is 4.74 Å². The molecule has 3 aliphatic rings. The predicted molar refractivity (Wildman–Crippen MR) is 136 cm³/mol. The lowest BCUT2D eigenvalue weighted by Crippen LogP contribution is -2.51. The summed E-state index contributed by atoms with van der Waals surface area (Å²) in [7, 11) is 0. The Labute approximate surface area is 208 Å². The van der Waals surface area contributed by atoms with E-state index in [1.165, 1.54) is 0 Å². The second-order valence-corrected chi connectivity index (χ2v) is 10.1. The van der Waals surface area contributed by atoms with Crippen LogP contribution in [-0.4, -0.2) is 85.0 Å². The van der Waals surface area contributed by atoms with Gasteiger partial charge in [0.25, 0.3) is 0 Å². The zero-order valence-electron chi connectivity index (χ0n) is 20.6. The van der Waals surface area contributed by atoms with Gasteiger partial charge in [-0.2, -0.15) is 0 Å². The molecule has 5 rings (SSSR count). The Morgan fingerprint density at radius 3 is 1.77 bits per heavy atom. The lowest BCUT2D eigenvalue weighted by atomic mass is 9.88. The SMILES string of the molecule is O=C(C1CCN(C2CCN(C(=O)C(c3ccccc3)c3ccccc3)CC2)CC1)N1CCOCC1. The first kappa shape index (κ1) is 24.0. The molecule has 2 amide bonds. The molecule has 0 saturated carbocycles. The molecule has 186 valence electrons. The highest BCUT2D eigenvalue weighted by Crippen LogP contribution is 2.30. The number of amides is 2. The molecule has 3 saturated heterocycles. The van der Waals surface area contributed by atoms with E-state index in [0.717, 1.165) is 76.1 Å². The van der Waals surface area contributed by atoms with E-state index in [1.807, 2.05) is 41.3 Å². The number of hydrogen-bond donors (Lipinski definition) is 0. The Morgan fingerprint density at radius 2 is 1.23 bits per heavy atom. The van der Waals surface area contributed by atoms with E-state index in [9.17, 15) is 9.59 Å². The van der Waals surface area contributed by atoms with Crippen LogP contribution in [0.3, 0.4) is 0 Å². The Morgan fingerprint density at radius 1 is 0.686 bits per heavy atom. The average molecular weight is 476 g/mol. The van der Waals surface area contributed by atoms with E-state index >= 15 is 0 Å². The number of benzene rings is 2. The molecule has 2 aromatic carbocycles. The number of morpholine rings is 1. The molecule has 0 aromatic heterocycles. The molecule has 0 bridgehead atoms. The van der Waals surface area contributed by atoms with Crippen molar-refractivity contribution in [1.29, 1.82) is 0 Å². The largest absolute Gasteiger partial charge is 0.378 e. The second-order valence-electron chi connectivity index (χ2n) is 10.1. The van der Waals surface area contributed by atoms with Crippen molar-refractivity contribution in [2.75, 3.05) is 52.5 Å². The van der Waals surface area contributed by atoms with Crippen molar-refractivity contribution >= 4 is 11.8 Å². The Hall–Kier alpha value is -2.70. The van der Waals surface area contributed by atoms with Gasteiger partial charge < -0.3 is 19.4 Å². The third kappa shape index (κ3) is 5.60. The van der Waals surface area contributed by atoms with Gasteiger partial charge in [-0.05, 0) is 49.9 Å². The van der Waals surface area contributed by atoms with Crippen LogP contribution in [0.2, 0.25) is 0 Å². The standard InChI is InChI=1S/C29H37N3O3/c33-28(32-19-21-35-22-20-32)25-11-15-30(16-12-25)26-13-17-31(18-14-26)29(34)27(23-7-3-1-4-8-23)24-9-5-2-6-10-24/h1-10,25-27H,11-22H2. The van der Waals surface area contributed by atoms with Gasteiger partial charge in [-0.25, -0.2) is 0 Å². The van der Waals surface area contributed by atoms with Crippen LogP contribution in [0.4, 0.5) is 0 Å². The molecular weight excluding hydrogens is 438 g/mol. The maximum absolute atomic E-state index is 13.7. The number of likely N-dealkylation sites (tertiary alicyclic amines) is 2. The van der Waals surface area contributed by atoms with Crippen LogP contribution in [0.5, 0.6) is 0 Å². The summed E-state index contributed by atoms with van der Waals surface area (Å²) in [4.78, 5) is 33.2. The van der Waals surface area contributed by atoms with Crippen LogP contribution in [0.25, 0.3) is 0 Å². The average Bonchev–Trinajstić information content (AvgIpc) is 2.94. The zero-order valence-corrected chi connectivity index (χ0v) is 20.6. The number of carbonyl (C=O) groups excluding carboxylic acids is 2. The Kier molecular flexibility index (Phi) is 7.79. The van der Waals surface area contributed by atoms with E-state index in [2.05, 4.69) is 34.1 Å². The Bertz CT molecular complexity index is 922. The molecular formula is C29H37N3O3. The minimum Gasteiger partial charge on any atom is -0.378 e. The minimum absolute atomic E-state index is 0.156. The maximum atomic E-state index is 13.7. The summed E-state index contributed by atoms with van der Waals surface area (Å²) in [6, 6.07) is 20.8. The smallest absolute Gasteiger partial charge is 0.234 e. The van der Waals surface area contributed by atoms with Crippen molar-refractivity contribution in [1.82, 2.24) is 14.7 Å². The summed E-state index contributed by atoms with van der Waals surface area (Å²) in [5, 5.41) is 0. The lowest BCUT2D eigenvalue weighted by Gasteiger charge is -2.43. The monoisotopic (exact) mass is 475 g/mol. The highest BCUT2D eigenvalue weighted by molar-refractivity contribution is 5.87. The Balaban J connectivity index is 1.16. The van der Waals surface area contributed by atoms with E-state index in [0.29, 0.717) is 25.2 Å². The van der Waals surface area contributed by atoms with Crippen LogP contribution < -0.4 is 0 Å². The fraction of sp³-hybridized carbons (Fsp3) is 0.517. The molecule has 3 aliphatic heterocycles. The van der Waals surface area contributed by atoms with Crippen molar-refractivity contribution in [2.45, 2.75) is 37.6 Å². The molecule has 0 aliphatic carbocycles. The third-order valence-corrected chi connectivity index (χ3v) is 8.01. The number of rotatable bonds is 5. The van der Waals surface area contributed by atoms with Crippen LogP contribution in [-0.2, 0) is 14.3 Å². The van der Waals surface area contributed by atoms with Gasteiger partial charge in [-0.3, -0.25) is 9.59 Å². The number of nitrogens with zero attached hydrogens (tertiary/aromatic N) is 3. The van der Waals surface area contributed by atoms with Crippen LogP contribution in [0.1, 0.15) is 42.7 Å². The van der Waals surface area contributed by atoms with Crippen LogP contribution in [0.15, 0.2) is 60.7 Å². The number of piperidine rings is 2. The molecule has 2 aromatic rings. The minimum atomic E-state index is -0.254. The molecule has 0 radical (unpaired) electrons.